The van der Waals surface area contributed by atoms with Crippen LogP contribution in [-0.2, 0) is 20.7 Å². The minimum atomic E-state index is -0.364. The molecule has 0 bridgehead atoms. The molecule has 4 rings (SSSR count). The Morgan fingerprint density at radius 1 is 1.00 bits per heavy atom. The molecule has 1 saturated carbocycles. The molecule has 0 spiro atoms. The van der Waals surface area contributed by atoms with Crippen molar-refractivity contribution in [1.29, 1.82) is 0 Å². The number of hydrogen-bond donors (Lipinski definition) is 2. The molecule has 9 heteroatoms. The molecule has 1 saturated heterocycles. The number of nitrogens with one attached hydrogen (secondary N) is 2. The number of aryl methyl sites for hydroxylation is 1. The van der Waals surface area contributed by atoms with E-state index >= 15 is 0 Å². The second-order valence-corrected chi connectivity index (χ2v) is 12.7. The fraction of sp³-hybridized carbons (Fsp3) is 0.583. The van der Waals surface area contributed by atoms with Gasteiger partial charge >= 0.3 is 0 Å². The van der Waals surface area contributed by atoms with Gasteiger partial charge in [-0.3, -0.25) is 14.4 Å². The second-order valence-electron chi connectivity index (χ2n) is 12.7. The van der Waals surface area contributed by atoms with Crippen LogP contribution in [0.2, 0.25) is 0 Å². The van der Waals surface area contributed by atoms with Crippen molar-refractivity contribution >= 4 is 17.7 Å². The number of rotatable bonds is 17. The van der Waals surface area contributed by atoms with E-state index in [4.69, 9.17) is 9.47 Å². The van der Waals surface area contributed by atoms with Crippen LogP contribution in [0.5, 0.6) is 5.75 Å². The molecule has 1 heterocycles. The average molecular weight is 621 g/mol. The predicted octanol–water partition coefficient (Wildman–Crippen LogP) is 4.61. The molecule has 9 nitrogen and oxygen atoms in total. The van der Waals surface area contributed by atoms with Crippen molar-refractivity contribution in [3.8, 4) is 5.75 Å². The van der Waals surface area contributed by atoms with Crippen molar-refractivity contribution in [2.45, 2.75) is 77.9 Å². The molecule has 3 atom stereocenters. The first-order chi connectivity index (χ1) is 21.7. The van der Waals surface area contributed by atoms with E-state index in [-0.39, 0.29) is 54.1 Å². The van der Waals surface area contributed by atoms with Crippen LogP contribution < -0.4 is 15.4 Å². The number of benzene rings is 2. The number of carbonyl (C=O) groups excluding carboxylic acids is 3. The minimum absolute atomic E-state index is 0.00354. The number of amides is 3. The van der Waals surface area contributed by atoms with Crippen molar-refractivity contribution in [2.24, 2.45) is 11.8 Å². The highest BCUT2D eigenvalue weighted by Crippen LogP contribution is 2.32. The third kappa shape index (κ3) is 9.78. The summed E-state index contributed by atoms with van der Waals surface area (Å²) in [7, 11) is 1.68. The Balaban J connectivity index is 1.44. The van der Waals surface area contributed by atoms with Gasteiger partial charge in [-0.1, -0.05) is 43.3 Å². The van der Waals surface area contributed by atoms with Gasteiger partial charge in [0.1, 0.15) is 5.75 Å². The highest BCUT2D eigenvalue weighted by atomic mass is 16.5. The number of methoxy groups -OCH3 is 1. The summed E-state index contributed by atoms with van der Waals surface area (Å²) in [5.41, 5.74) is 2.64. The van der Waals surface area contributed by atoms with Gasteiger partial charge in [-0.05, 0) is 68.2 Å². The SMILES string of the molecule is CCc1ccc(C(=O)N(C[C@@H]2CNC[C@H]2CN(C(=O)CC(NC(C)=O)c2ccccc2)C2CC2)C(C)C)cc1OCCCOC. The van der Waals surface area contributed by atoms with E-state index in [1.54, 1.807) is 7.11 Å². The molecule has 0 aromatic heterocycles. The lowest BCUT2D eigenvalue weighted by atomic mass is 9.93. The predicted molar refractivity (Wildman–Crippen MR) is 176 cm³/mol. The molecule has 2 N–H and O–H groups in total. The molecular weight excluding hydrogens is 568 g/mol. The standard InChI is InChI=1S/C36H52N4O5/c1-6-27-13-14-29(19-34(27)45-18-10-17-44-5)36(43)39(25(2)3)23-30-21-37-22-31(30)24-40(32-15-16-32)35(42)20-33(38-26(4)41)28-11-8-7-9-12-28/h7-9,11-14,19,25,30-33,37H,6,10,15-18,20-24H2,1-5H3,(H,38,41)/t30-,31-,33?/m0/s1. The summed E-state index contributed by atoms with van der Waals surface area (Å²) in [4.78, 5) is 43.7. The van der Waals surface area contributed by atoms with Crippen LogP contribution in [0, 0.1) is 11.8 Å². The Kier molecular flexibility index (Phi) is 12.8. The number of hydrogen-bond acceptors (Lipinski definition) is 6. The Morgan fingerprint density at radius 2 is 1.71 bits per heavy atom. The summed E-state index contributed by atoms with van der Waals surface area (Å²) < 4.78 is 11.2. The van der Waals surface area contributed by atoms with Crippen LogP contribution in [0.25, 0.3) is 0 Å². The van der Waals surface area contributed by atoms with Gasteiger partial charge < -0.3 is 29.9 Å². The van der Waals surface area contributed by atoms with E-state index in [0.717, 1.165) is 55.6 Å². The van der Waals surface area contributed by atoms with Crippen LogP contribution in [0.4, 0.5) is 0 Å². The minimum Gasteiger partial charge on any atom is -0.493 e. The third-order valence-electron chi connectivity index (χ3n) is 8.94. The first kappa shape index (κ1) is 34.4. The lowest BCUT2D eigenvalue weighted by Gasteiger charge is -2.34. The highest BCUT2D eigenvalue weighted by molar-refractivity contribution is 5.95. The van der Waals surface area contributed by atoms with Crippen molar-refractivity contribution < 1.29 is 23.9 Å². The van der Waals surface area contributed by atoms with Crippen molar-refractivity contribution in [3.63, 3.8) is 0 Å². The molecule has 45 heavy (non-hydrogen) atoms. The summed E-state index contributed by atoms with van der Waals surface area (Å²) in [5.74, 6) is 1.11. The van der Waals surface area contributed by atoms with Crippen molar-refractivity contribution in [2.75, 3.05) is 46.5 Å². The van der Waals surface area contributed by atoms with E-state index in [1.165, 1.54) is 6.92 Å². The Hall–Kier alpha value is -3.43. The molecule has 2 aliphatic rings. The lowest BCUT2D eigenvalue weighted by Crippen LogP contribution is -2.45. The normalized spacial score (nSPS) is 18.4. The molecule has 1 unspecified atom stereocenters. The largest absolute Gasteiger partial charge is 0.493 e. The first-order valence-electron chi connectivity index (χ1n) is 16.6. The number of carbonyl (C=O) groups is 3. The monoisotopic (exact) mass is 620 g/mol. The van der Waals surface area contributed by atoms with Crippen LogP contribution in [0.15, 0.2) is 48.5 Å². The smallest absolute Gasteiger partial charge is 0.254 e. The molecule has 2 aromatic rings. The zero-order chi connectivity index (χ0) is 32.3. The Labute approximate surface area is 269 Å². The van der Waals surface area contributed by atoms with Gasteiger partial charge in [0.25, 0.3) is 5.91 Å². The lowest BCUT2D eigenvalue weighted by molar-refractivity contribution is -0.133. The quantitative estimate of drug-likeness (QED) is 0.251. The van der Waals surface area contributed by atoms with E-state index in [9.17, 15) is 14.4 Å². The topological polar surface area (TPSA) is 100 Å². The van der Waals surface area contributed by atoms with Gasteiger partial charge in [-0.15, -0.1) is 0 Å². The molecule has 2 fully saturated rings. The molecule has 3 amide bonds. The Bertz CT molecular complexity index is 1270. The van der Waals surface area contributed by atoms with E-state index in [0.29, 0.717) is 31.9 Å². The zero-order valence-corrected chi connectivity index (χ0v) is 27.7. The second kappa shape index (κ2) is 16.8. The molecular formula is C36H52N4O5. The van der Waals surface area contributed by atoms with Gasteiger partial charge in [0.15, 0.2) is 0 Å². The van der Waals surface area contributed by atoms with Gasteiger partial charge in [0.05, 0.1) is 19.1 Å². The third-order valence-corrected chi connectivity index (χ3v) is 8.94. The summed E-state index contributed by atoms with van der Waals surface area (Å²) in [6.07, 6.45) is 3.85. The van der Waals surface area contributed by atoms with E-state index < -0.39 is 0 Å². The number of ether oxygens (including phenoxy) is 2. The summed E-state index contributed by atoms with van der Waals surface area (Å²) in [6, 6.07) is 15.4. The van der Waals surface area contributed by atoms with Crippen molar-refractivity contribution in [3.05, 3.63) is 65.2 Å². The molecule has 246 valence electrons. The molecule has 0 radical (unpaired) electrons. The number of nitrogens with zero attached hydrogens (tertiary/aromatic N) is 2. The molecule has 1 aliphatic heterocycles. The van der Waals surface area contributed by atoms with Gasteiger partial charge in [0.2, 0.25) is 11.8 Å². The summed E-state index contributed by atoms with van der Waals surface area (Å²) in [5, 5.41) is 6.52. The molecule has 2 aromatic carbocycles. The fourth-order valence-corrected chi connectivity index (χ4v) is 6.23. The van der Waals surface area contributed by atoms with Crippen LogP contribution in [-0.4, -0.2) is 86.1 Å². The maximum atomic E-state index is 13.9. The maximum absolute atomic E-state index is 13.9. The van der Waals surface area contributed by atoms with Gasteiger partial charge in [0, 0.05) is 70.9 Å². The average Bonchev–Trinajstić information content (AvgIpc) is 3.78. The zero-order valence-electron chi connectivity index (χ0n) is 27.7. The fourth-order valence-electron chi connectivity index (χ4n) is 6.23. The summed E-state index contributed by atoms with van der Waals surface area (Å²) >= 11 is 0. The van der Waals surface area contributed by atoms with E-state index in [2.05, 4.69) is 31.4 Å². The first-order valence-corrected chi connectivity index (χ1v) is 16.6. The highest BCUT2D eigenvalue weighted by Gasteiger charge is 2.39. The van der Waals surface area contributed by atoms with E-state index in [1.807, 2.05) is 58.3 Å². The Morgan fingerprint density at radius 3 is 2.33 bits per heavy atom. The summed E-state index contributed by atoms with van der Waals surface area (Å²) in [6.45, 7) is 11.7. The van der Waals surface area contributed by atoms with Gasteiger partial charge in [-0.25, -0.2) is 0 Å². The van der Waals surface area contributed by atoms with Gasteiger partial charge in [-0.2, -0.15) is 0 Å². The van der Waals surface area contributed by atoms with Crippen LogP contribution in [0.3, 0.4) is 0 Å². The van der Waals surface area contributed by atoms with Crippen LogP contribution in [0.1, 0.15) is 80.9 Å². The van der Waals surface area contributed by atoms with Crippen molar-refractivity contribution in [1.82, 2.24) is 20.4 Å². The maximum Gasteiger partial charge on any atom is 0.254 e. The van der Waals surface area contributed by atoms with Crippen LogP contribution >= 0.6 is 0 Å². The molecule has 1 aliphatic carbocycles.